The third-order valence-electron chi connectivity index (χ3n) is 6.84. The van der Waals surface area contributed by atoms with Gasteiger partial charge in [0.25, 0.3) is 5.56 Å². The number of H-pyrrole nitrogens is 3. The van der Waals surface area contributed by atoms with Gasteiger partial charge >= 0.3 is 11.4 Å². The summed E-state index contributed by atoms with van der Waals surface area (Å²) in [7, 11) is 2.06. The lowest BCUT2D eigenvalue weighted by Crippen LogP contribution is -2.44. The van der Waals surface area contributed by atoms with E-state index < -0.39 is 17.1 Å². The molecule has 0 radical (unpaired) electrons. The van der Waals surface area contributed by atoms with Gasteiger partial charge in [0.1, 0.15) is 5.56 Å². The highest BCUT2D eigenvalue weighted by Crippen LogP contribution is 2.33. The van der Waals surface area contributed by atoms with E-state index in [0.29, 0.717) is 22.4 Å². The van der Waals surface area contributed by atoms with Crippen LogP contribution in [-0.4, -0.2) is 69.0 Å². The van der Waals surface area contributed by atoms with Crippen LogP contribution >= 0.6 is 15.9 Å². The Morgan fingerprint density at radius 2 is 1.62 bits per heavy atom. The van der Waals surface area contributed by atoms with Crippen molar-refractivity contribution in [3.05, 3.63) is 76.8 Å². The van der Waals surface area contributed by atoms with Gasteiger partial charge in [-0.3, -0.25) is 14.8 Å². The Bertz CT molecular complexity index is 1720. The Morgan fingerprint density at radius 1 is 0.946 bits per heavy atom. The number of benzene rings is 2. The maximum absolute atomic E-state index is 12.7. The van der Waals surface area contributed by atoms with E-state index in [1.165, 1.54) is 6.21 Å². The fourth-order valence-corrected chi connectivity index (χ4v) is 4.92. The maximum atomic E-state index is 12.7. The summed E-state index contributed by atoms with van der Waals surface area (Å²) in [5.74, 6) is -0.514. The molecule has 1 fully saturated rings. The van der Waals surface area contributed by atoms with E-state index >= 15 is 0 Å². The van der Waals surface area contributed by atoms with Gasteiger partial charge in [-0.15, -0.1) is 0 Å². The minimum Gasteiger partial charge on any atom is -0.493 e. The van der Waals surface area contributed by atoms with Gasteiger partial charge in [0.15, 0.2) is 0 Å². The number of hydrogen-bond donors (Lipinski definition) is 4. The average molecular weight is 568 g/mol. The standard InChI is InChI=1S/C25H26BrN7O4/c1-13-14(2)20(5-4-16(13)26)33-23(35)15(22(34)30-25(33)37)12-27-19-10-17-18(29-24(36)28-17)11-21(19)32-8-6-31(3)7-9-32/h4-5,10-12,35H,6-9H2,1-3H3,(H2,28,29,36)(H,30,34,37). The lowest BCUT2D eigenvalue weighted by Gasteiger charge is -2.34. The van der Waals surface area contributed by atoms with E-state index in [-0.39, 0.29) is 11.3 Å². The van der Waals surface area contributed by atoms with E-state index in [1.807, 2.05) is 19.9 Å². The number of hydrogen-bond acceptors (Lipinski definition) is 7. The summed E-state index contributed by atoms with van der Waals surface area (Å²) in [6.07, 6.45) is 1.25. The van der Waals surface area contributed by atoms with Crippen LogP contribution in [0, 0.1) is 13.8 Å². The van der Waals surface area contributed by atoms with Crippen molar-refractivity contribution in [2.45, 2.75) is 13.8 Å². The number of nitrogens with zero attached hydrogens (tertiary/aromatic N) is 4. The minimum absolute atomic E-state index is 0.161. The normalized spacial score (nSPS) is 14.8. The molecule has 0 unspecified atom stereocenters. The van der Waals surface area contributed by atoms with Gasteiger partial charge in [0.2, 0.25) is 5.88 Å². The van der Waals surface area contributed by atoms with Crippen LogP contribution in [0.2, 0.25) is 0 Å². The third-order valence-corrected chi connectivity index (χ3v) is 7.70. The zero-order valence-corrected chi connectivity index (χ0v) is 22.1. The molecule has 4 N–H and O–H groups in total. The summed E-state index contributed by atoms with van der Waals surface area (Å²) in [6, 6.07) is 7.04. The van der Waals surface area contributed by atoms with Crippen LogP contribution in [0.15, 0.2) is 48.1 Å². The van der Waals surface area contributed by atoms with Crippen LogP contribution in [0.4, 0.5) is 11.4 Å². The molecule has 37 heavy (non-hydrogen) atoms. The van der Waals surface area contributed by atoms with Crippen LogP contribution in [0.25, 0.3) is 16.7 Å². The molecule has 192 valence electrons. The molecule has 4 aromatic rings. The smallest absolute Gasteiger partial charge is 0.335 e. The first-order valence-corrected chi connectivity index (χ1v) is 12.5. The zero-order chi connectivity index (χ0) is 26.4. The first-order valence-electron chi connectivity index (χ1n) is 11.7. The Morgan fingerprint density at radius 3 is 2.32 bits per heavy atom. The van der Waals surface area contributed by atoms with Crippen molar-refractivity contribution in [2.24, 2.45) is 4.99 Å². The van der Waals surface area contributed by atoms with E-state index in [0.717, 1.165) is 52.0 Å². The molecule has 1 aliphatic heterocycles. The molecule has 0 aliphatic carbocycles. The highest BCUT2D eigenvalue weighted by atomic mass is 79.9. The van der Waals surface area contributed by atoms with Gasteiger partial charge in [-0.1, -0.05) is 15.9 Å². The van der Waals surface area contributed by atoms with Crippen molar-refractivity contribution in [3.63, 3.8) is 0 Å². The fourth-order valence-electron chi connectivity index (χ4n) is 4.49. The molecule has 1 saturated heterocycles. The number of fused-ring (bicyclic) bond motifs is 1. The van der Waals surface area contributed by atoms with Crippen LogP contribution in [0.5, 0.6) is 5.88 Å². The number of likely N-dealkylation sites (N-methyl/N-ethyl adjacent to an activating group) is 1. The molecule has 12 heteroatoms. The van der Waals surface area contributed by atoms with Gasteiger partial charge in [0.05, 0.1) is 28.1 Å². The van der Waals surface area contributed by atoms with Crippen LogP contribution in [-0.2, 0) is 0 Å². The van der Waals surface area contributed by atoms with Crippen molar-refractivity contribution in [3.8, 4) is 11.6 Å². The second-order valence-corrected chi connectivity index (χ2v) is 10.0. The average Bonchev–Trinajstić information content (AvgIpc) is 3.22. The SMILES string of the molecule is Cc1c(Br)ccc(-n2c(O)c(C=Nc3cc4[nH]c(=O)[nH]c4cc3N3CCN(C)CC3)c(=O)[nH]c2=O)c1C. The summed E-state index contributed by atoms with van der Waals surface area (Å²) in [5.41, 5.74) is 2.62. The molecule has 0 saturated carbocycles. The van der Waals surface area contributed by atoms with Crippen molar-refractivity contribution in [2.75, 3.05) is 38.1 Å². The maximum Gasteiger partial charge on any atom is 0.335 e. The predicted molar refractivity (Wildman–Crippen MR) is 147 cm³/mol. The molecule has 11 nitrogen and oxygen atoms in total. The Labute approximate surface area is 219 Å². The van der Waals surface area contributed by atoms with Gasteiger partial charge in [0, 0.05) is 36.9 Å². The van der Waals surface area contributed by atoms with Gasteiger partial charge in [-0.2, -0.15) is 0 Å². The molecule has 2 aromatic heterocycles. The highest BCUT2D eigenvalue weighted by Gasteiger charge is 2.20. The van der Waals surface area contributed by atoms with Gasteiger partial charge < -0.3 is 24.9 Å². The molecule has 5 rings (SSSR count). The molecule has 0 bridgehead atoms. The van der Waals surface area contributed by atoms with Crippen molar-refractivity contribution < 1.29 is 5.11 Å². The number of anilines is 1. The topological polar surface area (TPSA) is 143 Å². The Hall–Kier alpha value is -3.90. The van der Waals surface area contributed by atoms with Crippen molar-refractivity contribution in [1.82, 2.24) is 24.4 Å². The number of aliphatic imine (C=N–C) groups is 1. The summed E-state index contributed by atoms with van der Waals surface area (Å²) in [4.78, 5) is 54.0. The number of halogens is 1. The second kappa shape index (κ2) is 9.52. The molecule has 0 atom stereocenters. The molecule has 0 spiro atoms. The number of aromatic hydroxyl groups is 1. The van der Waals surface area contributed by atoms with E-state index in [1.54, 1.807) is 18.2 Å². The summed E-state index contributed by atoms with van der Waals surface area (Å²) < 4.78 is 1.92. The number of aromatic nitrogens is 4. The molecule has 0 amide bonds. The molecule has 2 aromatic carbocycles. The molecule has 1 aliphatic rings. The second-order valence-electron chi connectivity index (χ2n) is 9.16. The summed E-state index contributed by atoms with van der Waals surface area (Å²) >= 11 is 3.47. The number of aromatic amines is 3. The van der Waals surface area contributed by atoms with E-state index in [4.69, 9.17) is 0 Å². The van der Waals surface area contributed by atoms with Gasteiger partial charge in [-0.25, -0.2) is 14.2 Å². The highest BCUT2D eigenvalue weighted by molar-refractivity contribution is 9.10. The summed E-state index contributed by atoms with van der Waals surface area (Å²) in [6.45, 7) is 6.97. The van der Waals surface area contributed by atoms with E-state index in [2.05, 4.69) is 52.7 Å². The number of piperazine rings is 1. The largest absolute Gasteiger partial charge is 0.493 e. The number of imidazole rings is 1. The van der Waals surface area contributed by atoms with E-state index in [9.17, 15) is 19.5 Å². The third kappa shape index (κ3) is 4.53. The quantitative estimate of drug-likeness (QED) is 0.279. The lowest BCUT2D eigenvalue weighted by molar-refractivity contribution is 0.313. The van der Waals surface area contributed by atoms with Crippen molar-refractivity contribution in [1.29, 1.82) is 0 Å². The number of nitrogens with one attached hydrogen (secondary N) is 3. The predicted octanol–water partition coefficient (Wildman–Crippen LogP) is 2.28. The van der Waals surface area contributed by atoms with Crippen LogP contribution < -0.4 is 21.8 Å². The fraction of sp³-hybridized carbons (Fsp3) is 0.280. The summed E-state index contributed by atoms with van der Waals surface area (Å²) in [5, 5.41) is 11.1. The van der Waals surface area contributed by atoms with Gasteiger partial charge in [-0.05, 0) is 56.3 Å². The minimum atomic E-state index is -0.758. The Balaban J connectivity index is 1.64. The molecule has 3 heterocycles. The van der Waals surface area contributed by atoms with Crippen LogP contribution in [0.3, 0.4) is 0 Å². The Kier molecular flexibility index (Phi) is 6.38. The molecular formula is C25H26BrN7O4. The van der Waals surface area contributed by atoms with Crippen LogP contribution in [0.1, 0.15) is 16.7 Å². The van der Waals surface area contributed by atoms with Crippen molar-refractivity contribution >= 4 is 44.6 Å². The first-order chi connectivity index (χ1) is 17.6. The monoisotopic (exact) mass is 567 g/mol. The molecular weight excluding hydrogens is 542 g/mol. The first kappa shape index (κ1) is 24.8. The number of rotatable bonds is 4. The zero-order valence-electron chi connectivity index (χ0n) is 20.6. The lowest BCUT2D eigenvalue weighted by atomic mass is 10.1.